The fourth-order valence-corrected chi connectivity index (χ4v) is 5.35. The van der Waals surface area contributed by atoms with Crippen LogP contribution in [0.4, 0.5) is 10.5 Å². The Hall–Kier alpha value is -2.41. The molecule has 8 heteroatoms. The summed E-state index contributed by atoms with van der Waals surface area (Å²) in [7, 11) is 0. The van der Waals surface area contributed by atoms with Gasteiger partial charge in [-0.3, -0.25) is 0 Å². The number of nitrogens with one attached hydrogen (secondary N) is 2. The highest BCUT2D eigenvalue weighted by molar-refractivity contribution is 5.74. The third-order valence-electron chi connectivity index (χ3n) is 6.41. The molecule has 1 aromatic rings. The molecule has 8 nitrogen and oxygen atoms in total. The summed E-state index contributed by atoms with van der Waals surface area (Å²) in [6, 6.07) is 7.48. The Balaban J connectivity index is 1.49. The van der Waals surface area contributed by atoms with E-state index in [1.807, 2.05) is 24.3 Å². The second-order valence-electron chi connectivity index (χ2n) is 10.2. The lowest BCUT2D eigenvalue weighted by atomic mass is 9.62. The lowest BCUT2D eigenvalue weighted by Gasteiger charge is -2.46. The number of aliphatic hydroxyl groups excluding tert-OH is 1. The van der Waals surface area contributed by atoms with Gasteiger partial charge in [-0.1, -0.05) is 32.9 Å². The number of hydrogen-bond donors (Lipinski definition) is 3. The van der Waals surface area contributed by atoms with Crippen molar-refractivity contribution in [3.8, 4) is 0 Å². The second kappa shape index (κ2) is 10.5. The van der Waals surface area contributed by atoms with Gasteiger partial charge in [-0.05, 0) is 47.8 Å². The zero-order valence-corrected chi connectivity index (χ0v) is 19.4. The van der Waals surface area contributed by atoms with E-state index >= 15 is 0 Å². The Kier molecular flexibility index (Phi) is 7.93. The number of isocyanates is 1. The van der Waals surface area contributed by atoms with Gasteiger partial charge in [0.1, 0.15) is 0 Å². The summed E-state index contributed by atoms with van der Waals surface area (Å²) in [5.41, 5.74) is 1.75. The average Bonchev–Trinajstić information content (AvgIpc) is 2.75. The summed E-state index contributed by atoms with van der Waals surface area (Å²) < 4.78 is 5.38. The molecule has 2 amide bonds. The molecule has 2 aliphatic rings. The Morgan fingerprint density at radius 3 is 2.59 bits per heavy atom. The number of nitrogens with zero attached hydrogens (tertiary/aromatic N) is 2. The number of amides is 2. The van der Waals surface area contributed by atoms with E-state index in [4.69, 9.17) is 4.74 Å². The van der Waals surface area contributed by atoms with Gasteiger partial charge in [-0.25, -0.2) is 14.6 Å². The van der Waals surface area contributed by atoms with E-state index in [0.717, 1.165) is 56.8 Å². The molecular formula is C24H36N4O4. The SMILES string of the molecule is CC1(C)CC(NC(=O)NCC(O)c2ccc(N3CCOCC3)cc2)CC(C)(CN=C=O)C1. The topological polar surface area (TPSA) is 103 Å². The van der Waals surface area contributed by atoms with E-state index in [-0.39, 0.29) is 29.4 Å². The number of benzene rings is 1. The summed E-state index contributed by atoms with van der Waals surface area (Å²) in [4.78, 5) is 29.1. The highest BCUT2D eigenvalue weighted by Crippen LogP contribution is 2.46. The number of morpholine rings is 1. The monoisotopic (exact) mass is 444 g/mol. The number of aliphatic hydroxyl groups is 1. The molecule has 3 N–H and O–H groups in total. The maximum absolute atomic E-state index is 12.5. The number of urea groups is 1. The number of rotatable bonds is 7. The Morgan fingerprint density at radius 1 is 1.25 bits per heavy atom. The normalized spacial score (nSPS) is 26.0. The number of anilines is 1. The first-order chi connectivity index (χ1) is 15.2. The van der Waals surface area contributed by atoms with Crippen LogP contribution in [-0.4, -0.2) is 62.7 Å². The van der Waals surface area contributed by atoms with E-state index in [1.165, 1.54) is 0 Å². The maximum atomic E-state index is 12.5. The van der Waals surface area contributed by atoms with E-state index in [0.29, 0.717) is 6.54 Å². The van der Waals surface area contributed by atoms with Crippen molar-refractivity contribution >= 4 is 17.8 Å². The molecule has 0 spiro atoms. The molecule has 1 aliphatic heterocycles. The lowest BCUT2D eigenvalue weighted by Crippen LogP contribution is -2.50. The molecule has 0 radical (unpaired) electrons. The van der Waals surface area contributed by atoms with Crippen LogP contribution in [0.1, 0.15) is 51.7 Å². The minimum atomic E-state index is -0.783. The fourth-order valence-electron chi connectivity index (χ4n) is 5.35. The lowest BCUT2D eigenvalue weighted by molar-refractivity contribution is 0.0803. The summed E-state index contributed by atoms with van der Waals surface area (Å²) in [6.07, 6.45) is 3.39. The van der Waals surface area contributed by atoms with Gasteiger partial charge < -0.3 is 25.4 Å². The van der Waals surface area contributed by atoms with Crippen LogP contribution in [0.3, 0.4) is 0 Å². The molecule has 1 saturated carbocycles. The standard InChI is InChI=1S/C24H36N4O4/c1-23(2)12-19(13-24(3,15-23)16-25-17-29)27-22(31)26-14-21(30)18-4-6-20(7-5-18)28-8-10-32-11-9-28/h4-7,19,21,30H,8-16H2,1-3H3,(H2,26,27,31). The summed E-state index contributed by atoms with van der Waals surface area (Å²) in [5.74, 6) is 0. The predicted molar refractivity (Wildman–Crippen MR) is 123 cm³/mol. The molecule has 1 heterocycles. The zero-order chi connectivity index (χ0) is 23.2. The minimum absolute atomic E-state index is 0.0180. The van der Waals surface area contributed by atoms with Gasteiger partial charge >= 0.3 is 6.03 Å². The van der Waals surface area contributed by atoms with Crippen LogP contribution in [0.5, 0.6) is 0 Å². The average molecular weight is 445 g/mol. The van der Waals surface area contributed by atoms with Gasteiger partial charge in [0.2, 0.25) is 6.08 Å². The number of hydrogen-bond acceptors (Lipinski definition) is 6. The molecule has 1 saturated heterocycles. The fraction of sp³-hybridized carbons (Fsp3) is 0.667. The highest BCUT2D eigenvalue weighted by Gasteiger charge is 2.41. The van der Waals surface area contributed by atoms with Crippen molar-refractivity contribution in [1.29, 1.82) is 0 Å². The molecule has 3 atom stereocenters. The molecule has 3 rings (SSSR count). The van der Waals surface area contributed by atoms with E-state index in [9.17, 15) is 14.7 Å². The van der Waals surface area contributed by atoms with Crippen LogP contribution in [-0.2, 0) is 9.53 Å². The van der Waals surface area contributed by atoms with Gasteiger partial charge in [0.05, 0.1) is 25.9 Å². The first-order valence-electron chi connectivity index (χ1n) is 11.4. The Morgan fingerprint density at radius 2 is 1.94 bits per heavy atom. The van der Waals surface area contributed by atoms with Crippen LogP contribution in [0.2, 0.25) is 0 Å². The Labute approximate surface area is 190 Å². The van der Waals surface area contributed by atoms with Gasteiger partial charge in [-0.15, -0.1) is 0 Å². The first kappa shape index (κ1) is 24.2. The van der Waals surface area contributed by atoms with Crippen LogP contribution >= 0.6 is 0 Å². The third kappa shape index (κ3) is 6.79. The van der Waals surface area contributed by atoms with E-state index in [2.05, 4.69) is 41.3 Å². The number of ether oxygens (including phenoxy) is 1. The Bertz CT molecular complexity index is 816. The van der Waals surface area contributed by atoms with Crippen molar-refractivity contribution < 1.29 is 19.4 Å². The molecule has 1 aliphatic carbocycles. The van der Waals surface area contributed by atoms with Crippen molar-refractivity contribution in [2.75, 3.05) is 44.3 Å². The van der Waals surface area contributed by atoms with Crippen molar-refractivity contribution in [2.24, 2.45) is 15.8 Å². The van der Waals surface area contributed by atoms with Gasteiger partial charge in [-0.2, -0.15) is 0 Å². The molecular weight excluding hydrogens is 408 g/mol. The van der Waals surface area contributed by atoms with Crippen LogP contribution in [0, 0.1) is 10.8 Å². The van der Waals surface area contributed by atoms with E-state index < -0.39 is 6.10 Å². The number of carbonyl (C=O) groups is 1. The zero-order valence-electron chi connectivity index (χ0n) is 19.4. The molecule has 1 aromatic carbocycles. The van der Waals surface area contributed by atoms with Gasteiger partial charge in [0, 0.05) is 31.4 Å². The van der Waals surface area contributed by atoms with Crippen molar-refractivity contribution in [1.82, 2.24) is 10.6 Å². The maximum Gasteiger partial charge on any atom is 0.315 e. The predicted octanol–water partition coefficient (Wildman–Crippen LogP) is 2.78. The van der Waals surface area contributed by atoms with Crippen molar-refractivity contribution in [2.45, 2.75) is 52.2 Å². The summed E-state index contributed by atoms with van der Waals surface area (Å²) in [6.45, 7) is 10.2. The second-order valence-corrected chi connectivity index (χ2v) is 10.2. The molecule has 0 aromatic heterocycles. The highest BCUT2D eigenvalue weighted by atomic mass is 16.5. The number of aliphatic imine (C=N–C) groups is 1. The quantitative estimate of drug-likeness (QED) is 0.443. The summed E-state index contributed by atoms with van der Waals surface area (Å²) in [5, 5.41) is 16.4. The van der Waals surface area contributed by atoms with Crippen LogP contribution < -0.4 is 15.5 Å². The minimum Gasteiger partial charge on any atom is -0.387 e. The van der Waals surface area contributed by atoms with E-state index in [1.54, 1.807) is 6.08 Å². The van der Waals surface area contributed by atoms with Gasteiger partial charge in [0.15, 0.2) is 0 Å². The van der Waals surface area contributed by atoms with Gasteiger partial charge in [0.25, 0.3) is 0 Å². The van der Waals surface area contributed by atoms with Crippen molar-refractivity contribution in [3.05, 3.63) is 29.8 Å². The largest absolute Gasteiger partial charge is 0.387 e. The van der Waals surface area contributed by atoms with Crippen LogP contribution in [0.15, 0.2) is 29.3 Å². The smallest absolute Gasteiger partial charge is 0.315 e. The molecule has 3 unspecified atom stereocenters. The third-order valence-corrected chi connectivity index (χ3v) is 6.41. The number of carbonyl (C=O) groups excluding carboxylic acids is 2. The molecule has 2 fully saturated rings. The van der Waals surface area contributed by atoms with Crippen molar-refractivity contribution in [3.63, 3.8) is 0 Å². The summed E-state index contributed by atoms with van der Waals surface area (Å²) >= 11 is 0. The van der Waals surface area contributed by atoms with Crippen LogP contribution in [0.25, 0.3) is 0 Å². The molecule has 32 heavy (non-hydrogen) atoms. The molecule has 176 valence electrons. The molecule has 0 bridgehead atoms. The first-order valence-corrected chi connectivity index (χ1v) is 11.4.